The fourth-order valence-electron chi connectivity index (χ4n) is 2.95. The van der Waals surface area contributed by atoms with Gasteiger partial charge in [0.25, 0.3) is 0 Å². The molecule has 1 aliphatic carbocycles. The number of benzene rings is 1. The maximum absolute atomic E-state index is 13.9. The fraction of sp³-hybridized carbons (Fsp3) is 0.625. The highest BCUT2D eigenvalue weighted by atomic mass is 32.2. The first kappa shape index (κ1) is 14.9. The van der Waals surface area contributed by atoms with Crippen molar-refractivity contribution in [1.82, 2.24) is 5.32 Å². The van der Waals surface area contributed by atoms with Gasteiger partial charge < -0.3 is 5.32 Å². The average Bonchev–Trinajstić information content (AvgIpc) is 2.85. The van der Waals surface area contributed by atoms with E-state index in [-0.39, 0.29) is 11.9 Å². The minimum absolute atomic E-state index is 0.0840. The molecular formula is C16H24FNS. The fourth-order valence-corrected chi connectivity index (χ4v) is 4.09. The van der Waals surface area contributed by atoms with E-state index in [0.29, 0.717) is 6.04 Å². The molecule has 1 nitrogen and oxygen atoms in total. The second-order valence-corrected chi connectivity index (χ2v) is 6.81. The van der Waals surface area contributed by atoms with Crippen LogP contribution < -0.4 is 5.32 Å². The van der Waals surface area contributed by atoms with Crippen molar-refractivity contribution in [3.05, 3.63) is 35.6 Å². The van der Waals surface area contributed by atoms with Crippen LogP contribution in [0.5, 0.6) is 0 Å². The summed E-state index contributed by atoms with van der Waals surface area (Å²) in [6.07, 6.45) is 4.68. The van der Waals surface area contributed by atoms with Crippen molar-refractivity contribution in [2.45, 2.75) is 56.9 Å². The largest absolute Gasteiger partial charge is 0.307 e. The van der Waals surface area contributed by atoms with Gasteiger partial charge >= 0.3 is 0 Å². The monoisotopic (exact) mass is 281 g/mol. The lowest BCUT2D eigenvalue weighted by Gasteiger charge is -2.23. The van der Waals surface area contributed by atoms with Crippen LogP contribution in [-0.2, 0) is 0 Å². The first-order valence-corrected chi connectivity index (χ1v) is 8.41. The van der Waals surface area contributed by atoms with Crippen LogP contribution in [0.4, 0.5) is 4.39 Å². The van der Waals surface area contributed by atoms with Crippen molar-refractivity contribution in [2.24, 2.45) is 0 Å². The molecule has 0 radical (unpaired) electrons. The Morgan fingerprint density at radius 2 is 2.11 bits per heavy atom. The summed E-state index contributed by atoms with van der Waals surface area (Å²) >= 11 is 2.06. The van der Waals surface area contributed by atoms with Crippen LogP contribution in [0.1, 0.15) is 51.1 Å². The molecule has 3 unspecified atom stereocenters. The van der Waals surface area contributed by atoms with Crippen molar-refractivity contribution >= 4 is 11.8 Å². The molecule has 106 valence electrons. The first-order chi connectivity index (χ1) is 9.24. The van der Waals surface area contributed by atoms with Gasteiger partial charge in [0.1, 0.15) is 5.82 Å². The van der Waals surface area contributed by atoms with Crippen LogP contribution >= 0.6 is 11.8 Å². The van der Waals surface area contributed by atoms with E-state index < -0.39 is 0 Å². The topological polar surface area (TPSA) is 12.0 Å². The van der Waals surface area contributed by atoms with Crippen molar-refractivity contribution in [3.63, 3.8) is 0 Å². The van der Waals surface area contributed by atoms with E-state index in [1.165, 1.54) is 25.0 Å². The number of hydrogen-bond acceptors (Lipinski definition) is 2. The summed E-state index contributed by atoms with van der Waals surface area (Å²) in [7, 11) is 0. The Morgan fingerprint density at radius 3 is 2.79 bits per heavy atom. The van der Waals surface area contributed by atoms with Gasteiger partial charge in [-0.15, -0.1) is 0 Å². The summed E-state index contributed by atoms with van der Waals surface area (Å²) in [5, 5.41) is 4.45. The molecule has 2 rings (SSSR count). The molecule has 1 fully saturated rings. The SMILES string of the molecule is CCSC1CCC(NC(CC)c2ccccc2F)C1. The molecule has 1 aromatic carbocycles. The molecule has 3 atom stereocenters. The lowest BCUT2D eigenvalue weighted by atomic mass is 10.0. The van der Waals surface area contributed by atoms with Gasteiger partial charge in [-0.25, -0.2) is 4.39 Å². The number of thioether (sulfide) groups is 1. The number of hydrogen-bond donors (Lipinski definition) is 1. The zero-order chi connectivity index (χ0) is 13.7. The summed E-state index contributed by atoms with van der Waals surface area (Å²) in [5.74, 6) is 1.11. The predicted molar refractivity (Wildman–Crippen MR) is 82.1 cm³/mol. The molecule has 0 aromatic heterocycles. The van der Waals surface area contributed by atoms with Gasteiger partial charge in [0.05, 0.1) is 0 Å². The van der Waals surface area contributed by atoms with Crippen molar-refractivity contribution in [1.29, 1.82) is 0 Å². The highest BCUT2D eigenvalue weighted by molar-refractivity contribution is 7.99. The smallest absolute Gasteiger partial charge is 0.127 e. The molecule has 1 aliphatic rings. The molecule has 0 bridgehead atoms. The Morgan fingerprint density at radius 1 is 1.32 bits per heavy atom. The average molecular weight is 281 g/mol. The standard InChI is InChI=1S/C16H24FNS/c1-3-16(14-7-5-6-8-15(14)17)18-12-9-10-13(11-12)19-4-2/h5-8,12-13,16,18H,3-4,9-11H2,1-2H3. The van der Waals surface area contributed by atoms with Crippen molar-refractivity contribution in [3.8, 4) is 0 Å². The summed E-state index contributed by atoms with van der Waals surface area (Å²) in [6, 6.07) is 7.85. The molecule has 0 aliphatic heterocycles. The summed E-state index contributed by atoms with van der Waals surface area (Å²) in [5.41, 5.74) is 0.816. The second kappa shape index (κ2) is 7.30. The van der Waals surface area contributed by atoms with E-state index >= 15 is 0 Å². The summed E-state index contributed by atoms with van der Waals surface area (Å²) in [4.78, 5) is 0. The highest BCUT2D eigenvalue weighted by Gasteiger charge is 2.26. The molecule has 3 heteroatoms. The molecule has 0 spiro atoms. The number of rotatable bonds is 6. The van der Waals surface area contributed by atoms with Crippen LogP contribution in [-0.4, -0.2) is 17.0 Å². The van der Waals surface area contributed by atoms with E-state index in [4.69, 9.17) is 0 Å². The minimum atomic E-state index is -0.0840. The van der Waals surface area contributed by atoms with Crippen LogP contribution in [0.2, 0.25) is 0 Å². The Balaban J connectivity index is 1.95. The van der Waals surface area contributed by atoms with Gasteiger partial charge in [-0.05, 0) is 37.5 Å². The molecule has 0 saturated heterocycles. The second-order valence-electron chi connectivity index (χ2n) is 5.24. The molecule has 1 aromatic rings. The van der Waals surface area contributed by atoms with Crippen LogP contribution in [0.25, 0.3) is 0 Å². The Hall–Kier alpha value is -0.540. The molecule has 0 amide bonds. The third kappa shape index (κ3) is 3.96. The lowest BCUT2D eigenvalue weighted by Crippen LogP contribution is -2.31. The minimum Gasteiger partial charge on any atom is -0.307 e. The number of halogens is 1. The van der Waals surface area contributed by atoms with Crippen molar-refractivity contribution in [2.75, 3.05) is 5.75 Å². The maximum Gasteiger partial charge on any atom is 0.127 e. The first-order valence-electron chi connectivity index (χ1n) is 7.36. The van der Waals surface area contributed by atoms with Gasteiger partial charge in [0.15, 0.2) is 0 Å². The van der Waals surface area contributed by atoms with Crippen LogP contribution in [0.15, 0.2) is 24.3 Å². The Kier molecular flexibility index (Phi) is 5.71. The molecule has 1 saturated carbocycles. The third-order valence-corrected chi connectivity index (χ3v) is 5.15. The van der Waals surface area contributed by atoms with E-state index in [2.05, 4.69) is 30.9 Å². The lowest BCUT2D eigenvalue weighted by molar-refractivity contribution is 0.418. The van der Waals surface area contributed by atoms with Gasteiger partial charge in [-0.2, -0.15) is 11.8 Å². The van der Waals surface area contributed by atoms with E-state index in [9.17, 15) is 4.39 Å². The van der Waals surface area contributed by atoms with Gasteiger partial charge in [0, 0.05) is 22.9 Å². The van der Waals surface area contributed by atoms with Gasteiger partial charge in [-0.1, -0.05) is 32.0 Å². The molecule has 0 heterocycles. The summed E-state index contributed by atoms with van der Waals surface area (Å²) < 4.78 is 13.9. The highest BCUT2D eigenvalue weighted by Crippen LogP contribution is 2.32. The third-order valence-electron chi connectivity index (χ3n) is 3.91. The summed E-state index contributed by atoms with van der Waals surface area (Å²) in [6.45, 7) is 4.34. The Bertz CT molecular complexity index is 396. The number of nitrogens with one attached hydrogen (secondary N) is 1. The van der Waals surface area contributed by atoms with Gasteiger partial charge in [-0.3, -0.25) is 0 Å². The predicted octanol–water partition coefficient (Wildman–Crippen LogP) is 4.54. The molecule has 1 N–H and O–H groups in total. The zero-order valence-electron chi connectivity index (χ0n) is 11.9. The van der Waals surface area contributed by atoms with Crippen LogP contribution in [0, 0.1) is 5.82 Å². The Labute approximate surface area is 120 Å². The quantitative estimate of drug-likeness (QED) is 0.821. The normalized spacial score (nSPS) is 24.6. The maximum atomic E-state index is 13.9. The van der Waals surface area contributed by atoms with E-state index in [0.717, 1.165) is 17.2 Å². The molecular weight excluding hydrogens is 257 g/mol. The van der Waals surface area contributed by atoms with Gasteiger partial charge in [0.2, 0.25) is 0 Å². The molecule has 19 heavy (non-hydrogen) atoms. The van der Waals surface area contributed by atoms with Crippen LogP contribution in [0.3, 0.4) is 0 Å². The van der Waals surface area contributed by atoms with Crippen molar-refractivity contribution < 1.29 is 4.39 Å². The van der Waals surface area contributed by atoms with E-state index in [1.807, 2.05) is 12.1 Å². The van der Waals surface area contributed by atoms with E-state index in [1.54, 1.807) is 12.1 Å². The zero-order valence-corrected chi connectivity index (χ0v) is 12.7.